The lowest BCUT2D eigenvalue weighted by molar-refractivity contribution is -0.122. The first kappa shape index (κ1) is 17.1. The van der Waals surface area contributed by atoms with E-state index in [0.717, 1.165) is 19.5 Å². The van der Waals surface area contributed by atoms with Crippen LogP contribution in [0, 0.1) is 0 Å². The van der Waals surface area contributed by atoms with Crippen LogP contribution >= 0.6 is 11.3 Å². The summed E-state index contributed by atoms with van der Waals surface area (Å²) >= 11 is 1.74. The van der Waals surface area contributed by atoms with Crippen LogP contribution in [0.15, 0.2) is 66.2 Å². The van der Waals surface area contributed by atoms with Crippen LogP contribution in [0.3, 0.4) is 0 Å². The number of thiophene rings is 1. The summed E-state index contributed by atoms with van der Waals surface area (Å²) in [5.74, 6) is 0.0995. The Morgan fingerprint density at radius 2 is 1.96 bits per heavy atom. The monoisotopic (exact) mass is 365 g/mol. The number of benzene rings is 1. The molecular weight excluding hydrogens is 342 g/mol. The molecule has 5 heteroatoms. The Morgan fingerprint density at radius 3 is 2.77 bits per heavy atom. The molecule has 1 aliphatic rings. The number of hydrogen-bond acceptors (Lipinski definition) is 3. The molecule has 4 rings (SSSR count). The van der Waals surface area contributed by atoms with Gasteiger partial charge in [0.15, 0.2) is 0 Å². The standard InChI is InChI=1S/C21H23N3OS/c25-20(22-11-10-18-8-5-15-26-18)16-24-14-13-23-12-4-9-19(23)21(24)17-6-2-1-3-7-17/h1-9,12,15,21H,10-11,13-14,16H2,(H,22,25)/t21-/m1/s1. The van der Waals surface area contributed by atoms with Gasteiger partial charge >= 0.3 is 0 Å². The van der Waals surface area contributed by atoms with Crippen LogP contribution in [-0.4, -0.2) is 35.0 Å². The topological polar surface area (TPSA) is 37.3 Å². The molecule has 3 heterocycles. The molecule has 1 aliphatic heterocycles. The highest BCUT2D eigenvalue weighted by Gasteiger charge is 2.29. The van der Waals surface area contributed by atoms with E-state index in [1.165, 1.54) is 16.1 Å². The third kappa shape index (κ3) is 3.74. The van der Waals surface area contributed by atoms with Crippen molar-refractivity contribution in [3.8, 4) is 0 Å². The number of rotatable bonds is 6. The molecule has 4 nitrogen and oxygen atoms in total. The SMILES string of the molecule is O=C(CN1CCn2cccc2[C@H]1c1ccccc1)NCCc1cccs1. The van der Waals surface area contributed by atoms with Crippen molar-refractivity contribution in [2.24, 2.45) is 0 Å². The van der Waals surface area contributed by atoms with Crippen molar-refractivity contribution < 1.29 is 4.79 Å². The third-order valence-corrected chi connectivity index (χ3v) is 5.81. The van der Waals surface area contributed by atoms with E-state index < -0.39 is 0 Å². The van der Waals surface area contributed by atoms with Crippen LogP contribution in [0.5, 0.6) is 0 Å². The zero-order valence-corrected chi connectivity index (χ0v) is 15.5. The smallest absolute Gasteiger partial charge is 0.234 e. The van der Waals surface area contributed by atoms with Gasteiger partial charge in [0.05, 0.1) is 12.6 Å². The Hall–Kier alpha value is -2.37. The molecule has 3 aromatic rings. The Balaban J connectivity index is 1.43. The average Bonchev–Trinajstić information content (AvgIpc) is 3.34. The second-order valence-corrected chi connectivity index (χ2v) is 7.62. The van der Waals surface area contributed by atoms with Crippen molar-refractivity contribution in [2.45, 2.75) is 19.0 Å². The van der Waals surface area contributed by atoms with Gasteiger partial charge in [0, 0.05) is 36.4 Å². The highest BCUT2D eigenvalue weighted by atomic mass is 32.1. The molecular formula is C21H23N3OS. The minimum atomic E-state index is 0.0995. The van der Waals surface area contributed by atoms with E-state index in [-0.39, 0.29) is 11.9 Å². The van der Waals surface area contributed by atoms with Crippen molar-refractivity contribution in [2.75, 3.05) is 19.6 Å². The number of aromatic nitrogens is 1. The first-order chi connectivity index (χ1) is 12.8. The summed E-state index contributed by atoms with van der Waals surface area (Å²) < 4.78 is 2.29. The van der Waals surface area contributed by atoms with Crippen LogP contribution in [-0.2, 0) is 17.8 Å². The van der Waals surface area contributed by atoms with E-state index in [9.17, 15) is 4.79 Å². The first-order valence-electron chi connectivity index (χ1n) is 9.04. The van der Waals surface area contributed by atoms with Gasteiger partial charge in [-0.2, -0.15) is 0 Å². The summed E-state index contributed by atoms with van der Waals surface area (Å²) in [6.07, 6.45) is 3.03. The molecule has 1 aromatic carbocycles. The van der Waals surface area contributed by atoms with Gasteiger partial charge in [0.1, 0.15) is 0 Å². The van der Waals surface area contributed by atoms with Crippen LogP contribution in [0.4, 0.5) is 0 Å². The maximum absolute atomic E-state index is 12.5. The molecule has 26 heavy (non-hydrogen) atoms. The van der Waals surface area contributed by atoms with Crippen molar-refractivity contribution in [1.82, 2.24) is 14.8 Å². The highest BCUT2D eigenvalue weighted by Crippen LogP contribution is 2.31. The maximum atomic E-state index is 12.5. The van der Waals surface area contributed by atoms with Crippen LogP contribution in [0.1, 0.15) is 22.2 Å². The number of carbonyl (C=O) groups is 1. The summed E-state index contributed by atoms with van der Waals surface area (Å²) in [6, 6.07) is 19.0. The maximum Gasteiger partial charge on any atom is 0.234 e. The largest absolute Gasteiger partial charge is 0.355 e. The molecule has 0 bridgehead atoms. The molecule has 0 saturated heterocycles. The molecule has 0 unspecified atom stereocenters. The number of fused-ring (bicyclic) bond motifs is 1. The number of nitrogens with zero attached hydrogens (tertiary/aromatic N) is 2. The van der Waals surface area contributed by atoms with Gasteiger partial charge in [0.25, 0.3) is 0 Å². The number of nitrogens with one attached hydrogen (secondary N) is 1. The van der Waals surface area contributed by atoms with Crippen molar-refractivity contribution in [3.05, 3.63) is 82.3 Å². The zero-order chi connectivity index (χ0) is 17.8. The summed E-state index contributed by atoms with van der Waals surface area (Å²) in [6.45, 7) is 2.92. The lowest BCUT2D eigenvalue weighted by Crippen LogP contribution is -2.44. The van der Waals surface area contributed by atoms with Crippen LogP contribution in [0.2, 0.25) is 0 Å². The number of carbonyl (C=O) groups excluding carboxylic acids is 1. The fraction of sp³-hybridized carbons (Fsp3) is 0.286. The van der Waals surface area contributed by atoms with Gasteiger partial charge in [0.2, 0.25) is 5.91 Å². The molecule has 0 saturated carbocycles. The lowest BCUT2D eigenvalue weighted by Gasteiger charge is -2.36. The Bertz CT molecular complexity index is 841. The normalized spacial score (nSPS) is 17.0. The second-order valence-electron chi connectivity index (χ2n) is 6.59. The Kier molecular flexibility index (Phi) is 5.18. The molecule has 1 atom stereocenters. The molecule has 0 radical (unpaired) electrons. The fourth-order valence-electron chi connectivity index (χ4n) is 3.64. The van der Waals surface area contributed by atoms with Crippen LogP contribution < -0.4 is 5.32 Å². The minimum Gasteiger partial charge on any atom is -0.355 e. The van der Waals surface area contributed by atoms with Crippen LogP contribution in [0.25, 0.3) is 0 Å². The van der Waals surface area contributed by atoms with E-state index >= 15 is 0 Å². The van der Waals surface area contributed by atoms with Gasteiger partial charge in [-0.05, 0) is 35.6 Å². The fourth-order valence-corrected chi connectivity index (χ4v) is 4.35. The molecule has 1 N–H and O–H groups in total. The predicted octanol–water partition coefficient (Wildman–Crippen LogP) is 3.31. The van der Waals surface area contributed by atoms with E-state index in [0.29, 0.717) is 13.1 Å². The second kappa shape index (κ2) is 7.89. The van der Waals surface area contributed by atoms with Crippen molar-refractivity contribution >= 4 is 17.2 Å². The van der Waals surface area contributed by atoms with Gasteiger partial charge in [-0.25, -0.2) is 0 Å². The first-order valence-corrected chi connectivity index (χ1v) is 9.92. The summed E-state index contributed by atoms with van der Waals surface area (Å²) in [5.41, 5.74) is 2.49. The van der Waals surface area contributed by atoms with E-state index in [2.05, 4.69) is 74.9 Å². The minimum absolute atomic E-state index is 0.0995. The number of hydrogen-bond donors (Lipinski definition) is 1. The molecule has 0 fully saturated rings. The molecule has 2 aromatic heterocycles. The van der Waals surface area contributed by atoms with Crippen molar-refractivity contribution in [3.63, 3.8) is 0 Å². The average molecular weight is 366 g/mol. The molecule has 0 spiro atoms. The highest BCUT2D eigenvalue weighted by molar-refractivity contribution is 7.09. The summed E-state index contributed by atoms with van der Waals surface area (Å²) in [5, 5.41) is 5.15. The van der Waals surface area contributed by atoms with E-state index in [4.69, 9.17) is 0 Å². The molecule has 134 valence electrons. The summed E-state index contributed by atoms with van der Waals surface area (Å²) in [7, 11) is 0. The Morgan fingerprint density at radius 1 is 1.08 bits per heavy atom. The molecule has 0 aliphatic carbocycles. The van der Waals surface area contributed by atoms with Gasteiger partial charge < -0.3 is 9.88 Å². The van der Waals surface area contributed by atoms with Gasteiger partial charge in [-0.1, -0.05) is 36.4 Å². The van der Waals surface area contributed by atoms with E-state index in [1.807, 2.05) is 6.07 Å². The van der Waals surface area contributed by atoms with Crippen molar-refractivity contribution in [1.29, 1.82) is 0 Å². The van der Waals surface area contributed by atoms with Gasteiger partial charge in [-0.3, -0.25) is 9.69 Å². The lowest BCUT2D eigenvalue weighted by atomic mass is 10.00. The Labute approximate surface area is 158 Å². The van der Waals surface area contributed by atoms with Gasteiger partial charge in [-0.15, -0.1) is 11.3 Å². The zero-order valence-electron chi connectivity index (χ0n) is 14.7. The molecule has 1 amide bonds. The van der Waals surface area contributed by atoms with E-state index in [1.54, 1.807) is 11.3 Å². The predicted molar refractivity (Wildman–Crippen MR) is 105 cm³/mol. The number of amides is 1. The summed E-state index contributed by atoms with van der Waals surface area (Å²) in [4.78, 5) is 16.1. The third-order valence-electron chi connectivity index (χ3n) is 4.87. The quantitative estimate of drug-likeness (QED) is 0.728.